The van der Waals surface area contributed by atoms with E-state index in [1.54, 1.807) is 0 Å². The van der Waals surface area contributed by atoms with Gasteiger partial charge in [0.05, 0.1) is 5.69 Å². The lowest BCUT2D eigenvalue weighted by Crippen LogP contribution is -2.32. The van der Waals surface area contributed by atoms with Crippen LogP contribution in [0.15, 0.2) is 6.20 Å². The number of hydrogen-bond donors (Lipinski definition) is 1. The van der Waals surface area contributed by atoms with Crippen LogP contribution in [0.1, 0.15) is 44.9 Å². The molecule has 1 N–H and O–H groups in total. The summed E-state index contributed by atoms with van der Waals surface area (Å²) >= 11 is 0. The minimum Gasteiger partial charge on any atom is -0.310 e. The molecule has 3 nitrogen and oxygen atoms in total. The van der Waals surface area contributed by atoms with Gasteiger partial charge < -0.3 is 5.32 Å². The first-order valence-corrected chi connectivity index (χ1v) is 6.30. The molecule has 0 amide bonds. The van der Waals surface area contributed by atoms with Gasteiger partial charge in [-0.15, -0.1) is 0 Å². The second kappa shape index (κ2) is 6.04. The van der Waals surface area contributed by atoms with Crippen molar-refractivity contribution in [3.05, 3.63) is 17.5 Å². The third-order valence-corrected chi connectivity index (χ3v) is 3.49. The van der Waals surface area contributed by atoms with E-state index in [-0.39, 0.29) is 0 Å². The van der Waals surface area contributed by atoms with Crippen LogP contribution in [0.25, 0.3) is 0 Å². The van der Waals surface area contributed by atoms with Crippen LogP contribution in [0.3, 0.4) is 0 Å². The van der Waals surface area contributed by atoms with E-state index in [2.05, 4.69) is 44.3 Å². The van der Waals surface area contributed by atoms with Gasteiger partial charge in [0.1, 0.15) is 0 Å². The fraction of sp³-hybridized carbons (Fsp3) is 0.769. The largest absolute Gasteiger partial charge is 0.310 e. The fourth-order valence-corrected chi connectivity index (χ4v) is 2.26. The second-order valence-electron chi connectivity index (χ2n) is 4.66. The molecule has 92 valence electrons. The first-order chi connectivity index (χ1) is 7.58. The molecule has 1 atom stereocenters. The Morgan fingerprint density at radius 2 is 2.00 bits per heavy atom. The van der Waals surface area contributed by atoms with E-state index >= 15 is 0 Å². The van der Waals surface area contributed by atoms with E-state index in [1.807, 2.05) is 11.7 Å². The molecule has 0 aromatic carbocycles. The van der Waals surface area contributed by atoms with Crippen LogP contribution in [0.2, 0.25) is 0 Å². The highest BCUT2D eigenvalue weighted by atomic mass is 15.2. The first-order valence-electron chi connectivity index (χ1n) is 6.30. The molecule has 1 heterocycles. The first kappa shape index (κ1) is 13.2. The molecule has 16 heavy (non-hydrogen) atoms. The van der Waals surface area contributed by atoms with Crippen LogP contribution in [0.4, 0.5) is 0 Å². The molecule has 1 rings (SSSR count). The van der Waals surface area contributed by atoms with Crippen molar-refractivity contribution in [2.45, 2.75) is 53.1 Å². The van der Waals surface area contributed by atoms with E-state index in [9.17, 15) is 0 Å². The predicted molar refractivity (Wildman–Crippen MR) is 68.3 cm³/mol. The van der Waals surface area contributed by atoms with Crippen LogP contribution in [-0.2, 0) is 13.6 Å². The predicted octanol–water partition coefficient (Wildman–Crippen LogP) is 2.64. The Hall–Kier alpha value is -0.830. The Labute approximate surface area is 99.2 Å². The van der Waals surface area contributed by atoms with Gasteiger partial charge in [-0.25, -0.2) is 0 Å². The van der Waals surface area contributed by atoms with Crippen molar-refractivity contribution in [2.75, 3.05) is 0 Å². The molecule has 1 aromatic heterocycles. The molecule has 1 aromatic rings. The second-order valence-corrected chi connectivity index (χ2v) is 4.66. The van der Waals surface area contributed by atoms with Gasteiger partial charge in [-0.05, 0) is 19.8 Å². The molecule has 0 fully saturated rings. The minimum absolute atomic E-state index is 0.578. The van der Waals surface area contributed by atoms with Crippen molar-refractivity contribution in [3.8, 4) is 0 Å². The summed E-state index contributed by atoms with van der Waals surface area (Å²) in [6.07, 6.45) is 4.59. The Kier molecular flexibility index (Phi) is 5.00. The van der Waals surface area contributed by atoms with Gasteiger partial charge in [-0.2, -0.15) is 5.10 Å². The van der Waals surface area contributed by atoms with Crippen LogP contribution in [-0.4, -0.2) is 15.8 Å². The molecular formula is C13H25N3. The van der Waals surface area contributed by atoms with Gasteiger partial charge in [0.25, 0.3) is 0 Å². The molecule has 0 saturated heterocycles. The van der Waals surface area contributed by atoms with Gasteiger partial charge in [0, 0.05) is 31.4 Å². The van der Waals surface area contributed by atoms with Crippen LogP contribution < -0.4 is 5.32 Å². The van der Waals surface area contributed by atoms with Crippen molar-refractivity contribution >= 4 is 0 Å². The number of aryl methyl sites for hydroxylation is 2. The van der Waals surface area contributed by atoms with E-state index < -0.39 is 0 Å². The van der Waals surface area contributed by atoms with Crippen molar-refractivity contribution in [1.29, 1.82) is 0 Å². The highest BCUT2D eigenvalue weighted by molar-refractivity contribution is 5.14. The van der Waals surface area contributed by atoms with Gasteiger partial charge >= 0.3 is 0 Å². The Balaban J connectivity index is 2.48. The summed E-state index contributed by atoms with van der Waals surface area (Å²) in [4.78, 5) is 0. The molecule has 0 bridgehead atoms. The average Bonchev–Trinajstić information content (AvgIpc) is 2.56. The normalized spacial score (nSPS) is 13.4. The number of nitrogens with one attached hydrogen (secondary N) is 1. The molecule has 0 spiro atoms. The standard InChI is InChI=1S/C13H25N3/c1-6-12(7-2)10(3)14-8-13-9-16(5)15-11(13)4/h9-10,12,14H,6-8H2,1-5H3. The Morgan fingerprint density at radius 3 is 2.44 bits per heavy atom. The fourth-order valence-electron chi connectivity index (χ4n) is 2.26. The molecule has 0 aliphatic heterocycles. The van der Waals surface area contributed by atoms with Gasteiger partial charge in [-0.1, -0.05) is 26.7 Å². The number of aromatic nitrogens is 2. The van der Waals surface area contributed by atoms with E-state index in [4.69, 9.17) is 0 Å². The SMILES string of the molecule is CCC(CC)C(C)NCc1cn(C)nc1C. The number of hydrogen-bond acceptors (Lipinski definition) is 2. The molecule has 0 aliphatic rings. The van der Waals surface area contributed by atoms with E-state index in [1.165, 1.54) is 18.4 Å². The zero-order chi connectivity index (χ0) is 12.1. The van der Waals surface area contributed by atoms with E-state index in [0.717, 1.165) is 18.2 Å². The zero-order valence-electron chi connectivity index (χ0n) is 11.2. The maximum atomic E-state index is 4.35. The van der Waals surface area contributed by atoms with E-state index in [0.29, 0.717) is 6.04 Å². The van der Waals surface area contributed by atoms with Crippen LogP contribution >= 0.6 is 0 Å². The molecule has 0 aliphatic carbocycles. The van der Waals surface area contributed by atoms with Crippen molar-refractivity contribution in [3.63, 3.8) is 0 Å². The lowest BCUT2D eigenvalue weighted by molar-refractivity contribution is 0.353. The summed E-state index contributed by atoms with van der Waals surface area (Å²) in [7, 11) is 1.97. The van der Waals surface area contributed by atoms with Crippen LogP contribution in [0.5, 0.6) is 0 Å². The highest BCUT2D eigenvalue weighted by Gasteiger charge is 2.13. The van der Waals surface area contributed by atoms with Gasteiger partial charge in [0.2, 0.25) is 0 Å². The Bertz CT molecular complexity index is 313. The summed E-state index contributed by atoms with van der Waals surface area (Å²) in [5.74, 6) is 0.775. The smallest absolute Gasteiger partial charge is 0.0638 e. The third kappa shape index (κ3) is 3.34. The minimum atomic E-state index is 0.578. The quantitative estimate of drug-likeness (QED) is 0.803. The van der Waals surface area contributed by atoms with Crippen molar-refractivity contribution < 1.29 is 0 Å². The topological polar surface area (TPSA) is 29.9 Å². The summed E-state index contributed by atoms with van der Waals surface area (Å²) in [5, 5.41) is 7.95. The molecular weight excluding hydrogens is 198 g/mol. The Morgan fingerprint density at radius 1 is 1.38 bits per heavy atom. The monoisotopic (exact) mass is 223 g/mol. The van der Waals surface area contributed by atoms with Crippen molar-refractivity contribution in [1.82, 2.24) is 15.1 Å². The van der Waals surface area contributed by atoms with Gasteiger partial charge in [0.15, 0.2) is 0 Å². The summed E-state index contributed by atoms with van der Waals surface area (Å²) in [6, 6.07) is 0.578. The van der Waals surface area contributed by atoms with Crippen LogP contribution in [0, 0.1) is 12.8 Å². The zero-order valence-corrected chi connectivity index (χ0v) is 11.2. The molecule has 0 saturated carbocycles. The molecule has 3 heteroatoms. The third-order valence-electron chi connectivity index (χ3n) is 3.49. The number of rotatable bonds is 6. The highest BCUT2D eigenvalue weighted by Crippen LogP contribution is 2.13. The molecule has 0 radical (unpaired) electrons. The van der Waals surface area contributed by atoms with Gasteiger partial charge in [-0.3, -0.25) is 4.68 Å². The average molecular weight is 223 g/mol. The number of nitrogens with zero attached hydrogens (tertiary/aromatic N) is 2. The maximum Gasteiger partial charge on any atom is 0.0638 e. The lowest BCUT2D eigenvalue weighted by Gasteiger charge is -2.22. The summed E-state index contributed by atoms with van der Waals surface area (Å²) in [5.41, 5.74) is 2.44. The molecule has 1 unspecified atom stereocenters. The summed E-state index contributed by atoms with van der Waals surface area (Å²) in [6.45, 7) is 9.81. The maximum absolute atomic E-state index is 4.35. The summed E-state index contributed by atoms with van der Waals surface area (Å²) < 4.78 is 1.88. The van der Waals surface area contributed by atoms with Crippen molar-refractivity contribution in [2.24, 2.45) is 13.0 Å². The lowest BCUT2D eigenvalue weighted by atomic mass is 9.95.